The zero-order valence-electron chi connectivity index (χ0n) is 18.1. The van der Waals surface area contributed by atoms with Gasteiger partial charge < -0.3 is 25.0 Å². The maximum absolute atomic E-state index is 12.3. The fourth-order valence-electron chi connectivity index (χ4n) is 3.10. The zero-order chi connectivity index (χ0) is 22.0. The first-order valence-corrected chi connectivity index (χ1v) is 10.4. The molecule has 0 aromatic heterocycles. The Kier molecular flexibility index (Phi) is 8.95. The second-order valence-corrected chi connectivity index (χ2v) is 8.31. The molecule has 8 nitrogen and oxygen atoms in total. The van der Waals surface area contributed by atoms with E-state index in [1.165, 1.54) is 0 Å². The summed E-state index contributed by atoms with van der Waals surface area (Å²) in [6.07, 6.45) is 1.43. The fraction of sp³-hybridized carbons (Fsp3) is 0.591. The Morgan fingerprint density at radius 1 is 1.07 bits per heavy atom. The van der Waals surface area contributed by atoms with Crippen molar-refractivity contribution in [3.63, 3.8) is 0 Å². The highest BCUT2D eigenvalue weighted by Gasteiger charge is 2.23. The van der Waals surface area contributed by atoms with E-state index in [2.05, 4.69) is 10.6 Å². The van der Waals surface area contributed by atoms with E-state index in [-0.39, 0.29) is 30.8 Å². The molecule has 3 amide bonds. The first kappa shape index (κ1) is 23.5. The number of alkyl carbamates (subject to hydrolysis) is 1. The van der Waals surface area contributed by atoms with E-state index in [0.717, 1.165) is 18.6 Å². The first-order valence-electron chi connectivity index (χ1n) is 10.4. The number of nitrogens with zero attached hydrogens (tertiary/aromatic N) is 1. The van der Waals surface area contributed by atoms with Crippen LogP contribution >= 0.6 is 0 Å². The molecule has 0 bridgehead atoms. The molecule has 166 valence electrons. The van der Waals surface area contributed by atoms with Gasteiger partial charge in [0.1, 0.15) is 11.4 Å². The molecule has 1 aromatic carbocycles. The minimum atomic E-state index is -0.564. The number of ether oxygens (including phenoxy) is 2. The molecule has 0 unspecified atom stereocenters. The van der Waals surface area contributed by atoms with Gasteiger partial charge in [-0.1, -0.05) is 18.2 Å². The van der Waals surface area contributed by atoms with Gasteiger partial charge in [-0.3, -0.25) is 9.59 Å². The Labute approximate surface area is 178 Å². The molecule has 1 saturated heterocycles. The molecule has 30 heavy (non-hydrogen) atoms. The van der Waals surface area contributed by atoms with Crippen molar-refractivity contribution in [1.82, 2.24) is 15.5 Å². The van der Waals surface area contributed by atoms with E-state index in [1.807, 2.05) is 35.2 Å². The lowest BCUT2D eigenvalue weighted by Crippen LogP contribution is -2.47. The van der Waals surface area contributed by atoms with Crippen molar-refractivity contribution >= 4 is 17.9 Å². The molecule has 0 spiro atoms. The van der Waals surface area contributed by atoms with Crippen LogP contribution in [0.3, 0.4) is 0 Å². The lowest BCUT2D eigenvalue weighted by molar-refractivity contribution is -0.132. The van der Waals surface area contributed by atoms with Crippen molar-refractivity contribution in [2.75, 3.05) is 26.2 Å². The van der Waals surface area contributed by atoms with Gasteiger partial charge in [-0.15, -0.1) is 0 Å². The monoisotopic (exact) mass is 419 g/mol. The van der Waals surface area contributed by atoms with Gasteiger partial charge in [0.2, 0.25) is 11.8 Å². The average Bonchev–Trinajstić information content (AvgIpc) is 2.68. The highest BCUT2D eigenvalue weighted by Crippen LogP contribution is 2.13. The van der Waals surface area contributed by atoms with Crippen LogP contribution in [0.1, 0.15) is 46.5 Å². The number of carbonyl (C=O) groups is 3. The van der Waals surface area contributed by atoms with Gasteiger partial charge in [0.25, 0.3) is 0 Å². The maximum atomic E-state index is 12.3. The van der Waals surface area contributed by atoms with Crippen molar-refractivity contribution in [3.05, 3.63) is 30.3 Å². The molecule has 1 fully saturated rings. The molecular formula is C22H33N3O5. The summed E-state index contributed by atoms with van der Waals surface area (Å²) < 4.78 is 10.7. The van der Waals surface area contributed by atoms with Crippen LogP contribution in [-0.4, -0.2) is 60.7 Å². The summed E-state index contributed by atoms with van der Waals surface area (Å²) >= 11 is 0. The van der Waals surface area contributed by atoms with Gasteiger partial charge in [-0.05, 0) is 45.7 Å². The Bertz CT molecular complexity index is 694. The maximum Gasteiger partial charge on any atom is 0.407 e. The second kappa shape index (κ2) is 11.4. The first-order chi connectivity index (χ1) is 14.2. The summed E-state index contributed by atoms with van der Waals surface area (Å²) in [6, 6.07) is 9.47. The van der Waals surface area contributed by atoms with Gasteiger partial charge in [0.15, 0.2) is 0 Å². The van der Waals surface area contributed by atoms with E-state index in [1.54, 1.807) is 20.8 Å². The SMILES string of the molecule is CC(C)(C)OC(=O)NCCC(=O)NC1CCN(C(=O)CCOc2ccccc2)CC1. The van der Waals surface area contributed by atoms with Crippen LogP contribution in [0.15, 0.2) is 30.3 Å². The smallest absolute Gasteiger partial charge is 0.407 e. The third kappa shape index (κ3) is 9.15. The summed E-state index contributed by atoms with van der Waals surface area (Å²) in [5.74, 6) is 0.706. The normalized spacial score (nSPS) is 14.7. The molecule has 8 heteroatoms. The number of para-hydroxylation sites is 1. The van der Waals surface area contributed by atoms with E-state index in [0.29, 0.717) is 26.1 Å². The van der Waals surface area contributed by atoms with Crippen LogP contribution in [-0.2, 0) is 14.3 Å². The second-order valence-electron chi connectivity index (χ2n) is 8.31. The summed E-state index contributed by atoms with van der Waals surface area (Å²) in [5.41, 5.74) is -0.564. The number of rotatable bonds is 8. The Hall–Kier alpha value is -2.77. The van der Waals surface area contributed by atoms with E-state index < -0.39 is 11.7 Å². The van der Waals surface area contributed by atoms with Gasteiger partial charge in [-0.2, -0.15) is 0 Å². The highest BCUT2D eigenvalue weighted by atomic mass is 16.6. The van der Waals surface area contributed by atoms with Crippen LogP contribution in [0.2, 0.25) is 0 Å². The highest BCUT2D eigenvalue weighted by molar-refractivity contribution is 5.78. The summed E-state index contributed by atoms with van der Waals surface area (Å²) in [6.45, 7) is 7.16. The zero-order valence-corrected chi connectivity index (χ0v) is 18.1. The number of piperidine rings is 1. The molecule has 2 rings (SSSR count). The third-order valence-electron chi connectivity index (χ3n) is 4.56. The molecule has 0 aliphatic carbocycles. The molecule has 1 aromatic rings. The molecule has 1 aliphatic rings. The van der Waals surface area contributed by atoms with Gasteiger partial charge in [-0.25, -0.2) is 4.79 Å². The Morgan fingerprint density at radius 3 is 2.37 bits per heavy atom. The predicted molar refractivity (Wildman–Crippen MR) is 113 cm³/mol. The number of likely N-dealkylation sites (tertiary alicyclic amines) is 1. The average molecular weight is 420 g/mol. The van der Waals surface area contributed by atoms with Gasteiger partial charge in [0.05, 0.1) is 13.0 Å². The largest absolute Gasteiger partial charge is 0.493 e. The lowest BCUT2D eigenvalue weighted by Gasteiger charge is -2.32. The molecule has 1 heterocycles. The number of amides is 3. The van der Waals surface area contributed by atoms with Crippen molar-refractivity contribution < 1.29 is 23.9 Å². The minimum Gasteiger partial charge on any atom is -0.493 e. The number of nitrogens with one attached hydrogen (secondary N) is 2. The summed E-state index contributed by atoms with van der Waals surface area (Å²) in [7, 11) is 0. The molecule has 0 atom stereocenters. The summed E-state index contributed by atoms with van der Waals surface area (Å²) in [5, 5.41) is 5.55. The molecule has 0 saturated carbocycles. The van der Waals surface area contributed by atoms with Crippen molar-refractivity contribution in [2.24, 2.45) is 0 Å². The lowest BCUT2D eigenvalue weighted by atomic mass is 10.0. The van der Waals surface area contributed by atoms with Gasteiger partial charge in [0, 0.05) is 32.1 Å². The molecule has 0 radical (unpaired) electrons. The topological polar surface area (TPSA) is 97.0 Å². The van der Waals surface area contributed by atoms with Crippen LogP contribution in [0.25, 0.3) is 0 Å². The Balaban J connectivity index is 1.58. The van der Waals surface area contributed by atoms with Crippen molar-refractivity contribution in [2.45, 2.75) is 58.1 Å². The van der Waals surface area contributed by atoms with E-state index in [4.69, 9.17) is 9.47 Å². The minimum absolute atomic E-state index is 0.0450. The quantitative estimate of drug-likeness (QED) is 0.675. The number of carbonyl (C=O) groups excluding carboxylic acids is 3. The van der Waals surface area contributed by atoms with Crippen LogP contribution in [0.4, 0.5) is 4.79 Å². The van der Waals surface area contributed by atoms with Crippen LogP contribution < -0.4 is 15.4 Å². The molecular weight excluding hydrogens is 386 g/mol. The van der Waals surface area contributed by atoms with Crippen LogP contribution in [0.5, 0.6) is 5.75 Å². The predicted octanol–water partition coefficient (Wildman–Crippen LogP) is 2.48. The summed E-state index contributed by atoms with van der Waals surface area (Å²) in [4.78, 5) is 37.8. The van der Waals surface area contributed by atoms with Gasteiger partial charge >= 0.3 is 6.09 Å². The molecule has 1 aliphatic heterocycles. The van der Waals surface area contributed by atoms with Crippen molar-refractivity contribution in [1.29, 1.82) is 0 Å². The third-order valence-corrected chi connectivity index (χ3v) is 4.56. The van der Waals surface area contributed by atoms with Crippen molar-refractivity contribution in [3.8, 4) is 5.75 Å². The van der Waals surface area contributed by atoms with E-state index in [9.17, 15) is 14.4 Å². The molecule has 2 N–H and O–H groups in total. The number of hydrogen-bond donors (Lipinski definition) is 2. The number of hydrogen-bond acceptors (Lipinski definition) is 5. The fourth-order valence-corrected chi connectivity index (χ4v) is 3.10. The van der Waals surface area contributed by atoms with Crippen LogP contribution in [0, 0.1) is 0 Å². The Morgan fingerprint density at radius 2 is 1.73 bits per heavy atom. The number of benzene rings is 1. The standard InChI is InChI=1S/C22H33N3O5/c1-22(2,3)30-21(28)23-13-9-19(26)24-17-10-14-25(15-11-17)20(27)12-16-29-18-7-5-4-6-8-18/h4-8,17H,9-16H2,1-3H3,(H,23,28)(H,24,26). The van der Waals surface area contributed by atoms with E-state index >= 15 is 0 Å².